The van der Waals surface area contributed by atoms with Crippen molar-refractivity contribution in [3.8, 4) is 0 Å². The van der Waals surface area contributed by atoms with Crippen LogP contribution in [0.3, 0.4) is 0 Å². The normalized spacial score (nSPS) is 12.0. The molecule has 0 saturated heterocycles. The van der Waals surface area contributed by atoms with Crippen LogP contribution in [-0.4, -0.2) is 28.0 Å². The standard InChI is InChI=1S/C16H18N2O3/c1-2-3-7-14(16(20)21)18-15(19)13-10-9-11-6-4-5-8-12(11)17-13/h4-6,8-10,14H,2-3,7H2,1H3,(H,18,19)(H,20,21)/t14-/m1/s1. The summed E-state index contributed by atoms with van der Waals surface area (Å²) in [5, 5.41) is 12.6. The lowest BCUT2D eigenvalue weighted by Crippen LogP contribution is -2.41. The van der Waals surface area contributed by atoms with Crippen molar-refractivity contribution >= 4 is 22.8 Å². The van der Waals surface area contributed by atoms with Crippen LogP contribution in [0.25, 0.3) is 10.9 Å². The number of unbranched alkanes of at least 4 members (excludes halogenated alkanes) is 1. The van der Waals surface area contributed by atoms with Gasteiger partial charge in [-0.05, 0) is 18.6 Å². The van der Waals surface area contributed by atoms with Crippen molar-refractivity contribution in [1.82, 2.24) is 10.3 Å². The molecule has 5 heteroatoms. The lowest BCUT2D eigenvalue weighted by molar-refractivity contribution is -0.139. The van der Waals surface area contributed by atoms with Crippen LogP contribution in [0.2, 0.25) is 0 Å². The fraction of sp³-hybridized carbons (Fsp3) is 0.312. The van der Waals surface area contributed by atoms with E-state index in [1.54, 1.807) is 12.1 Å². The molecule has 2 N–H and O–H groups in total. The largest absolute Gasteiger partial charge is 0.480 e. The quantitative estimate of drug-likeness (QED) is 0.855. The predicted octanol–water partition coefficient (Wildman–Crippen LogP) is 2.61. The van der Waals surface area contributed by atoms with Gasteiger partial charge in [0.05, 0.1) is 5.52 Å². The van der Waals surface area contributed by atoms with Crippen molar-refractivity contribution in [2.75, 3.05) is 0 Å². The number of carbonyl (C=O) groups is 2. The lowest BCUT2D eigenvalue weighted by atomic mass is 10.1. The number of nitrogens with one attached hydrogen (secondary N) is 1. The SMILES string of the molecule is CCCC[C@@H](NC(=O)c1ccc2ccccc2n1)C(=O)O. The summed E-state index contributed by atoms with van der Waals surface area (Å²) in [5.41, 5.74) is 0.946. The third-order valence-electron chi connectivity index (χ3n) is 3.28. The van der Waals surface area contributed by atoms with E-state index in [1.807, 2.05) is 31.2 Å². The number of hydrogen-bond acceptors (Lipinski definition) is 3. The number of carboxylic acid groups (broad SMARTS) is 1. The zero-order chi connectivity index (χ0) is 15.2. The van der Waals surface area contributed by atoms with E-state index in [2.05, 4.69) is 10.3 Å². The maximum absolute atomic E-state index is 12.1. The first-order valence-corrected chi connectivity index (χ1v) is 7.01. The van der Waals surface area contributed by atoms with E-state index in [0.717, 1.165) is 18.2 Å². The van der Waals surface area contributed by atoms with Crippen LogP contribution in [0.4, 0.5) is 0 Å². The number of nitrogens with zero attached hydrogens (tertiary/aromatic N) is 1. The van der Waals surface area contributed by atoms with Crippen LogP contribution < -0.4 is 5.32 Å². The van der Waals surface area contributed by atoms with Gasteiger partial charge in [-0.2, -0.15) is 0 Å². The molecular weight excluding hydrogens is 268 g/mol. The zero-order valence-corrected chi connectivity index (χ0v) is 11.9. The van der Waals surface area contributed by atoms with E-state index in [0.29, 0.717) is 11.9 Å². The van der Waals surface area contributed by atoms with Crippen LogP contribution >= 0.6 is 0 Å². The number of rotatable bonds is 6. The summed E-state index contributed by atoms with van der Waals surface area (Å²) >= 11 is 0. The molecular formula is C16H18N2O3. The highest BCUT2D eigenvalue weighted by Crippen LogP contribution is 2.12. The third kappa shape index (κ3) is 3.78. The molecule has 0 spiro atoms. The van der Waals surface area contributed by atoms with Crippen molar-refractivity contribution < 1.29 is 14.7 Å². The van der Waals surface area contributed by atoms with Crippen LogP contribution in [0.5, 0.6) is 0 Å². The van der Waals surface area contributed by atoms with E-state index in [4.69, 9.17) is 5.11 Å². The molecule has 1 atom stereocenters. The Labute approximate surface area is 123 Å². The number of para-hydroxylation sites is 1. The second kappa shape index (κ2) is 6.83. The zero-order valence-electron chi connectivity index (χ0n) is 11.9. The highest BCUT2D eigenvalue weighted by molar-refractivity contribution is 5.96. The summed E-state index contributed by atoms with van der Waals surface area (Å²) in [6.07, 6.45) is 2.06. The van der Waals surface area contributed by atoms with E-state index in [1.165, 1.54) is 0 Å². The number of carbonyl (C=O) groups excluding carboxylic acids is 1. The van der Waals surface area contributed by atoms with Gasteiger partial charge >= 0.3 is 5.97 Å². The average Bonchev–Trinajstić information content (AvgIpc) is 2.50. The molecule has 0 aliphatic heterocycles. The Hall–Kier alpha value is -2.43. The molecule has 1 aromatic heterocycles. The van der Waals surface area contributed by atoms with Crippen molar-refractivity contribution in [2.45, 2.75) is 32.2 Å². The summed E-state index contributed by atoms with van der Waals surface area (Å²) in [4.78, 5) is 27.5. The number of benzene rings is 1. The van der Waals surface area contributed by atoms with Gasteiger partial charge in [0.15, 0.2) is 0 Å². The van der Waals surface area contributed by atoms with Gasteiger partial charge in [-0.25, -0.2) is 9.78 Å². The molecule has 0 aliphatic carbocycles. The van der Waals surface area contributed by atoms with Crippen molar-refractivity contribution in [3.63, 3.8) is 0 Å². The van der Waals surface area contributed by atoms with Crippen molar-refractivity contribution in [2.24, 2.45) is 0 Å². The number of hydrogen-bond donors (Lipinski definition) is 2. The minimum atomic E-state index is -1.02. The molecule has 0 radical (unpaired) electrons. The summed E-state index contributed by atoms with van der Waals surface area (Å²) < 4.78 is 0. The van der Waals surface area contributed by atoms with Gasteiger partial charge in [0.1, 0.15) is 11.7 Å². The van der Waals surface area contributed by atoms with Crippen LogP contribution in [0, 0.1) is 0 Å². The number of pyridine rings is 1. The van der Waals surface area contributed by atoms with Crippen molar-refractivity contribution in [1.29, 1.82) is 0 Å². The molecule has 0 fully saturated rings. The Morgan fingerprint density at radius 1 is 1.24 bits per heavy atom. The molecule has 1 amide bonds. The van der Waals surface area contributed by atoms with Crippen LogP contribution in [0.15, 0.2) is 36.4 Å². The van der Waals surface area contributed by atoms with E-state index in [9.17, 15) is 9.59 Å². The van der Waals surface area contributed by atoms with Crippen LogP contribution in [-0.2, 0) is 4.79 Å². The monoisotopic (exact) mass is 286 g/mol. The maximum Gasteiger partial charge on any atom is 0.326 e. The van der Waals surface area contributed by atoms with Crippen LogP contribution in [0.1, 0.15) is 36.7 Å². The fourth-order valence-corrected chi connectivity index (χ4v) is 2.09. The first-order chi connectivity index (χ1) is 10.1. The Morgan fingerprint density at radius 2 is 2.00 bits per heavy atom. The van der Waals surface area contributed by atoms with E-state index < -0.39 is 17.9 Å². The second-order valence-electron chi connectivity index (χ2n) is 4.90. The smallest absolute Gasteiger partial charge is 0.326 e. The Bertz CT molecular complexity index is 655. The lowest BCUT2D eigenvalue weighted by Gasteiger charge is -2.13. The first kappa shape index (κ1) is 15.0. The van der Waals surface area contributed by atoms with E-state index >= 15 is 0 Å². The van der Waals surface area contributed by atoms with Gasteiger partial charge in [-0.15, -0.1) is 0 Å². The average molecular weight is 286 g/mol. The maximum atomic E-state index is 12.1. The Morgan fingerprint density at radius 3 is 2.71 bits per heavy atom. The minimum Gasteiger partial charge on any atom is -0.480 e. The molecule has 5 nitrogen and oxygen atoms in total. The summed E-state index contributed by atoms with van der Waals surface area (Å²) in [6.45, 7) is 1.98. The molecule has 0 bridgehead atoms. The molecule has 21 heavy (non-hydrogen) atoms. The second-order valence-corrected chi connectivity index (χ2v) is 4.90. The molecule has 0 saturated carbocycles. The highest BCUT2D eigenvalue weighted by atomic mass is 16.4. The fourth-order valence-electron chi connectivity index (χ4n) is 2.09. The Balaban J connectivity index is 2.15. The topological polar surface area (TPSA) is 79.3 Å². The highest BCUT2D eigenvalue weighted by Gasteiger charge is 2.20. The van der Waals surface area contributed by atoms with Gasteiger partial charge in [-0.3, -0.25) is 4.79 Å². The summed E-state index contributed by atoms with van der Waals surface area (Å²) in [7, 11) is 0. The van der Waals surface area contributed by atoms with Crippen molar-refractivity contribution in [3.05, 3.63) is 42.1 Å². The predicted molar refractivity (Wildman–Crippen MR) is 80.2 cm³/mol. The number of fused-ring (bicyclic) bond motifs is 1. The molecule has 1 heterocycles. The van der Waals surface area contributed by atoms with Gasteiger partial charge in [-0.1, -0.05) is 44.0 Å². The van der Waals surface area contributed by atoms with Gasteiger partial charge in [0.25, 0.3) is 5.91 Å². The van der Waals surface area contributed by atoms with Gasteiger partial charge in [0, 0.05) is 5.39 Å². The van der Waals surface area contributed by atoms with E-state index in [-0.39, 0.29) is 5.69 Å². The molecule has 2 aromatic rings. The molecule has 0 aliphatic rings. The molecule has 2 rings (SSSR count). The summed E-state index contributed by atoms with van der Waals surface area (Å²) in [6, 6.07) is 10.0. The molecule has 0 unspecified atom stereocenters. The number of aromatic nitrogens is 1. The number of carboxylic acids is 1. The number of aliphatic carboxylic acids is 1. The third-order valence-corrected chi connectivity index (χ3v) is 3.28. The summed E-state index contributed by atoms with van der Waals surface area (Å²) in [5.74, 6) is -1.47. The minimum absolute atomic E-state index is 0.233. The van der Waals surface area contributed by atoms with Gasteiger partial charge < -0.3 is 10.4 Å². The first-order valence-electron chi connectivity index (χ1n) is 7.01. The molecule has 1 aromatic carbocycles. The van der Waals surface area contributed by atoms with Gasteiger partial charge in [0.2, 0.25) is 0 Å². The Kier molecular flexibility index (Phi) is 4.87. The molecule has 110 valence electrons. The number of amides is 1.